The van der Waals surface area contributed by atoms with Crippen LogP contribution in [0.2, 0.25) is 0 Å². The van der Waals surface area contributed by atoms with Crippen molar-refractivity contribution in [2.45, 2.75) is 19.4 Å². The summed E-state index contributed by atoms with van der Waals surface area (Å²) in [6.45, 7) is 1.42. The first kappa shape index (κ1) is 22.1. The van der Waals surface area contributed by atoms with Gasteiger partial charge in [-0.2, -0.15) is 0 Å². The van der Waals surface area contributed by atoms with E-state index in [0.29, 0.717) is 0 Å². The monoisotopic (exact) mass is 420 g/mol. The van der Waals surface area contributed by atoms with E-state index in [9.17, 15) is 29.8 Å². The molecule has 0 aliphatic rings. The van der Waals surface area contributed by atoms with Crippen molar-refractivity contribution in [3.63, 3.8) is 0 Å². The van der Waals surface area contributed by atoms with Crippen LogP contribution in [0, 0.1) is 20.2 Å². The van der Waals surface area contributed by atoms with Crippen molar-refractivity contribution in [3.05, 3.63) is 68.8 Å². The van der Waals surface area contributed by atoms with Crippen molar-refractivity contribution < 1.29 is 38.4 Å². The highest BCUT2D eigenvalue weighted by Gasteiger charge is 2.15. The molecule has 1 unspecified atom stereocenters. The molecule has 158 valence electrons. The lowest BCUT2D eigenvalue weighted by Gasteiger charge is -2.13. The van der Waals surface area contributed by atoms with E-state index in [4.69, 9.17) is 18.9 Å². The highest BCUT2D eigenvalue weighted by atomic mass is 16.7. The first-order valence-corrected chi connectivity index (χ1v) is 8.46. The number of benzene rings is 2. The molecule has 2 rings (SSSR count). The minimum Gasteiger partial charge on any atom is -0.434 e. The van der Waals surface area contributed by atoms with E-state index < -0.39 is 28.3 Å². The molecule has 12 heteroatoms. The molecule has 0 saturated heterocycles. The number of rotatable bonds is 8. The number of nitro groups is 2. The Hall–Kier alpha value is -4.22. The normalized spacial score (nSPS) is 11.1. The van der Waals surface area contributed by atoms with Crippen molar-refractivity contribution >= 4 is 23.7 Å². The molecule has 1 atom stereocenters. The van der Waals surface area contributed by atoms with Crippen LogP contribution in [0.1, 0.15) is 13.3 Å². The summed E-state index contributed by atoms with van der Waals surface area (Å²) in [4.78, 5) is 43.2. The summed E-state index contributed by atoms with van der Waals surface area (Å²) >= 11 is 0. The second kappa shape index (κ2) is 10.4. The van der Waals surface area contributed by atoms with Gasteiger partial charge in [-0.25, -0.2) is 9.59 Å². The molecule has 0 aliphatic heterocycles. The van der Waals surface area contributed by atoms with E-state index in [1.807, 2.05) is 0 Å². The maximum atomic E-state index is 11.7. The molecule has 0 bridgehead atoms. The second-order valence-corrected chi connectivity index (χ2v) is 5.77. The molecule has 0 radical (unpaired) electrons. The van der Waals surface area contributed by atoms with Gasteiger partial charge in [0.2, 0.25) is 0 Å². The smallest absolute Gasteiger partial charge is 0.434 e. The molecule has 0 fully saturated rings. The van der Waals surface area contributed by atoms with Crippen molar-refractivity contribution in [1.29, 1.82) is 0 Å². The van der Waals surface area contributed by atoms with Crippen LogP contribution >= 0.6 is 0 Å². The fourth-order valence-electron chi connectivity index (χ4n) is 2.05. The average Bonchev–Trinajstić information content (AvgIpc) is 2.68. The highest BCUT2D eigenvalue weighted by molar-refractivity contribution is 5.64. The summed E-state index contributed by atoms with van der Waals surface area (Å²) in [7, 11) is 0. The van der Waals surface area contributed by atoms with Crippen LogP contribution < -0.4 is 9.47 Å². The Kier molecular flexibility index (Phi) is 7.62. The minimum absolute atomic E-state index is 0.0701. The molecule has 2 aromatic rings. The van der Waals surface area contributed by atoms with Crippen LogP contribution in [0.15, 0.2) is 48.5 Å². The summed E-state index contributed by atoms with van der Waals surface area (Å²) in [5.74, 6) is 0.141. The van der Waals surface area contributed by atoms with Crippen LogP contribution in [-0.4, -0.2) is 34.9 Å². The second-order valence-electron chi connectivity index (χ2n) is 5.77. The van der Waals surface area contributed by atoms with Crippen LogP contribution in [0.3, 0.4) is 0 Å². The number of carbonyl (C=O) groups is 2. The number of nitrogens with zero attached hydrogens (tertiary/aromatic N) is 2. The van der Waals surface area contributed by atoms with E-state index in [1.165, 1.54) is 48.5 Å². The maximum Gasteiger partial charge on any atom is 0.514 e. The molecule has 0 saturated carbocycles. The van der Waals surface area contributed by atoms with E-state index in [1.54, 1.807) is 6.92 Å². The Labute approximate surface area is 169 Å². The molecule has 30 heavy (non-hydrogen) atoms. The van der Waals surface area contributed by atoms with Gasteiger partial charge in [0.15, 0.2) is 0 Å². The van der Waals surface area contributed by atoms with Gasteiger partial charge < -0.3 is 18.9 Å². The minimum atomic E-state index is -1.02. The molecule has 0 N–H and O–H groups in total. The molecule has 12 nitrogen and oxygen atoms in total. The lowest BCUT2D eigenvalue weighted by atomic mass is 10.3. The molecular weight excluding hydrogens is 404 g/mol. The first-order valence-electron chi connectivity index (χ1n) is 8.46. The maximum absolute atomic E-state index is 11.7. The van der Waals surface area contributed by atoms with E-state index in [0.717, 1.165) is 0 Å². The fourth-order valence-corrected chi connectivity index (χ4v) is 2.05. The van der Waals surface area contributed by atoms with E-state index >= 15 is 0 Å². The Morgan fingerprint density at radius 2 is 1.27 bits per heavy atom. The van der Waals surface area contributed by atoms with Crippen LogP contribution in [0.25, 0.3) is 0 Å². The predicted molar refractivity (Wildman–Crippen MR) is 99.4 cm³/mol. The van der Waals surface area contributed by atoms with Gasteiger partial charge in [0, 0.05) is 30.7 Å². The third-order valence-corrected chi connectivity index (χ3v) is 3.54. The van der Waals surface area contributed by atoms with Gasteiger partial charge >= 0.3 is 12.3 Å². The lowest BCUT2D eigenvalue weighted by molar-refractivity contribution is -0.385. The summed E-state index contributed by atoms with van der Waals surface area (Å²) in [6, 6.07) is 9.71. The Balaban J connectivity index is 1.68. The average molecular weight is 420 g/mol. The third-order valence-electron chi connectivity index (χ3n) is 3.54. The largest absolute Gasteiger partial charge is 0.514 e. The summed E-state index contributed by atoms with van der Waals surface area (Å²) in [5, 5.41) is 21.1. The Bertz CT molecular complexity index is 912. The van der Waals surface area contributed by atoms with Gasteiger partial charge in [0.1, 0.15) is 17.6 Å². The molecule has 0 heterocycles. The van der Waals surface area contributed by atoms with Gasteiger partial charge in [-0.3, -0.25) is 20.2 Å². The SMILES string of the molecule is CC(CCOC(=O)Oc1ccc([N+](=O)[O-])cc1)OC(=O)Oc1ccc([N+](=O)[O-])cc1. The van der Waals surface area contributed by atoms with Gasteiger partial charge in [-0.15, -0.1) is 0 Å². The number of nitro benzene ring substituents is 2. The quantitative estimate of drug-likeness (QED) is 0.264. The van der Waals surface area contributed by atoms with E-state index in [2.05, 4.69) is 0 Å². The Morgan fingerprint density at radius 1 is 0.833 bits per heavy atom. The van der Waals surface area contributed by atoms with Gasteiger partial charge in [0.25, 0.3) is 11.4 Å². The first-order chi connectivity index (χ1) is 14.2. The lowest BCUT2D eigenvalue weighted by Crippen LogP contribution is -2.21. The molecule has 0 amide bonds. The fraction of sp³-hybridized carbons (Fsp3) is 0.222. The molecular formula is C18H16N2O10. The molecule has 0 aromatic heterocycles. The molecule has 0 spiro atoms. The van der Waals surface area contributed by atoms with Crippen LogP contribution in [-0.2, 0) is 9.47 Å². The molecule has 2 aromatic carbocycles. The number of hydrogen-bond acceptors (Lipinski definition) is 10. The number of non-ortho nitro benzene ring substituents is 2. The van der Waals surface area contributed by atoms with E-state index in [-0.39, 0.29) is 35.9 Å². The van der Waals surface area contributed by atoms with Crippen molar-refractivity contribution in [2.24, 2.45) is 0 Å². The van der Waals surface area contributed by atoms with Gasteiger partial charge in [-0.05, 0) is 31.2 Å². The van der Waals surface area contributed by atoms with Crippen LogP contribution in [0.5, 0.6) is 11.5 Å². The summed E-state index contributed by atoms with van der Waals surface area (Å²) in [6.07, 6.45) is -2.57. The highest BCUT2D eigenvalue weighted by Crippen LogP contribution is 2.19. The van der Waals surface area contributed by atoms with Crippen LogP contribution in [0.4, 0.5) is 21.0 Å². The zero-order valence-electron chi connectivity index (χ0n) is 15.6. The van der Waals surface area contributed by atoms with Gasteiger partial charge in [0.05, 0.1) is 16.5 Å². The summed E-state index contributed by atoms with van der Waals surface area (Å²) in [5.41, 5.74) is -0.302. The number of carbonyl (C=O) groups excluding carboxylic acids is 2. The standard InChI is InChI=1S/C18H16N2O10/c1-12(28-18(22)30-16-8-4-14(5-9-16)20(25)26)10-11-27-17(21)29-15-6-2-13(3-7-15)19(23)24/h2-9,12H,10-11H2,1H3. The topological polar surface area (TPSA) is 157 Å². The third kappa shape index (κ3) is 7.07. The number of hydrogen-bond donors (Lipinski definition) is 0. The summed E-state index contributed by atoms with van der Waals surface area (Å²) < 4.78 is 19.6. The van der Waals surface area contributed by atoms with Crippen molar-refractivity contribution in [2.75, 3.05) is 6.61 Å². The Morgan fingerprint density at radius 3 is 1.70 bits per heavy atom. The zero-order chi connectivity index (χ0) is 22.1. The predicted octanol–water partition coefficient (Wildman–Crippen LogP) is 4.01. The van der Waals surface area contributed by atoms with Crippen molar-refractivity contribution in [1.82, 2.24) is 0 Å². The molecule has 0 aliphatic carbocycles. The number of ether oxygens (including phenoxy) is 4. The van der Waals surface area contributed by atoms with Gasteiger partial charge in [-0.1, -0.05) is 0 Å². The van der Waals surface area contributed by atoms with Crippen molar-refractivity contribution in [3.8, 4) is 11.5 Å². The zero-order valence-corrected chi connectivity index (χ0v) is 15.6.